The van der Waals surface area contributed by atoms with Crippen molar-refractivity contribution in [1.29, 1.82) is 0 Å². The normalized spacial score (nSPS) is 11.1. The fourth-order valence-electron chi connectivity index (χ4n) is 0.0797. The summed E-state index contributed by atoms with van der Waals surface area (Å²) < 4.78 is 23.5. The molecule has 0 heterocycles. The van der Waals surface area contributed by atoms with E-state index in [0.29, 0.717) is 0 Å². The molecule has 0 aromatic rings. The van der Waals surface area contributed by atoms with Crippen LogP contribution in [0.1, 0.15) is 13.8 Å². The van der Waals surface area contributed by atoms with Gasteiger partial charge in [0, 0.05) is 5.25 Å². The second kappa shape index (κ2) is 4.93. The van der Waals surface area contributed by atoms with Gasteiger partial charge in [-0.25, -0.2) is 8.42 Å². The van der Waals surface area contributed by atoms with E-state index in [-0.39, 0.29) is 29.6 Å². The van der Waals surface area contributed by atoms with Gasteiger partial charge in [0.15, 0.2) is 0 Å². The number of nitrogens with zero attached hydrogens (tertiary/aromatic N) is 1. The van der Waals surface area contributed by atoms with Gasteiger partial charge in [0.25, 0.3) is 0 Å². The van der Waals surface area contributed by atoms with E-state index in [4.69, 9.17) is 11.8 Å². The Kier molecular flexibility index (Phi) is 7.04. The van der Waals surface area contributed by atoms with Crippen LogP contribution in [0.5, 0.6) is 0 Å². The predicted octanol–water partition coefficient (Wildman–Crippen LogP) is -1.74. The third-order valence-corrected chi connectivity index (χ3v) is 2.65. The Morgan fingerprint density at radius 2 is 1.78 bits per heavy atom. The molecule has 3 nitrogen and oxygen atoms in total. The average molecular weight is 180 g/mol. The van der Waals surface area contributed by atoms with E-state index < -0.39 is 15.3 Å². The predicted molar refractivity (Wildman–Crippen MR) is 33.3 cm³/mol. The molecule has 0 unspecified atom stereocenters. The van der Waals surface area contributed by atoms with Crippen LogP contribution in [0.15, 0.2) is 0 Å². The fraction of sp³-hybridized carbons (Fsp3) is 1.00. The number of sulfonamides is 1. The van der Waals surface area contributed by atoms with E-state index in [1.165, 1.54) is 13.8 Å². The van der Waals surface area contributed by atoms with Crippen LogP contribution in [-0.4, -0.2) is 13.7 Å². The molecule has 0 rings (SSSR count). The second-order valence-corrected chi connectivity index (χ2v) is 4.16. The summed E-state index contributed by atoms with van der Waals surface area (Å²) in [6.07, 6.45) is 0. The van der Waals surface area contributed by atoms with E-state index >= 15 is 0 Å². The zero-order chi connectivity index (χ0) is 6.78. The summed E-state index contributed by atoms with van der Waals surface area (Å²) in [5.41, 5.74) is 0. The molecule has 0 bridgehead atoms. The molecule has 0 atom stereocenters. The quantitative estimate of drug-likeness (QED) is 0.473. The van der Waals surface area contributed by atoms with Crippen molar-refractivity contribution in [3.05, 3.63) is 4.24 Å². The zero-order valence-electron chi connectivity index (χ0n) is 5.63. The van der Waals surface area contributed by atoms with Gasteiger partial charge in [-0.1, -0.05) is 13.8 Å². The maximum absolute atomic E-state index is 10.4. The van der Waals surface area contributed by atoms with Gasteiger partial charge in [-0.3, -0.25) is 11.8 Å². The van der Waals surface area contributed by atoms with Crippen LogP contribution < -0.4 is 29.6 Å². The summed E-state index contributed by atoms with van der Waals surface area (Å²) in [5.74, 6) is 0. The number of halogens is 1. The van der Waals surface area contributed by atoms with Gasteiger partial charge in [0.05, 0.1) is 10.0 Å². The van der Waals surface area contributed by atoms with Gasteiger partial charge >= 0.3 is 29.6 Å². The molecule has 50 valence electrons. The van der Waals surface area contributed by atoms with Crippen molar-refractivity contribution in [2.24, 2.45) is 0 Å². The molecule has 9 heavy (non-hydrogen) atoms. The topological polar surface area (TPSA) is 48.2 Å². The molecule has 0 fully saturated rings. The molecule has 0 aliphatic heterocycles. The van der Waals surface area contributed by atoms with E-state index in [1.807, 2.05) is 0 Å². The Morgan fingerprint density at radius 3 is 1.78 bits per heavy atom. The number of hydrogen-bond donors (Lipinski definition) is 0. The smallest absolute Gasteiger partial charge is 0.462 e. The molecule has 0 radical (unpaired) electrons. The Morgan fingerprint density at radius 1 is 1.44 bits per heavy atom. The molecule has 0 saturated heterocycles. The molecule has 0 aromatic heterocycles. The molecule has 0 amide bonds. The minimum absolute atomic E-state index is 0. The Hall–Kier alpha value is 1.20. The summed E-state index contributed by atoms with van der Waals surface area (Å²) >= 11 is 4.73. The summed E-state index contributed by atoms with van der Waals surface area (Å²) in [6.45, 7) is 3.03. The van der Waals surface area contributed by atoms with Crippen LogP contribution in [0.2, 0.25) is 0 Å². The van der Waals surface area contributed by atoms with Gasteiger partial charge in [-0.15, -0.1) is 0 Å². The molecular weight excluding hydrogens is 173 g/mol. The molecule has 0 saturated carbocycles. The Labute approximate surface area is 82.6 Å². The summed E-state index contributed by atoms with van der Waals surface area (Å²) in [6, 6.07) is 0. The number of rotatable bonds is 2. The van der Waals surface area contributed by atoms with Crippen molar-refractivity contribution in [3.8, 4) is 0 Å². The van der Waals surface area contributed by atoms with E-state index in [1.54, 1.807) is 0 Å². The Balaban J connectivity index is 0. The van der Waals surface area contributed by atoms with Gasteiger partial charge in [-0.05, 0) is 0 Å². The summed E-state index contributed by atoms with van der Waals surface area (Å²) in [7, 11) is -3.35. The SMILES string of the molecule is CC(C)S(=O)(=O)[N-]Cl.[Na+]. The minimum atomic E-state index is -3.35. The molecule has 0 aliphatic carbocycles. The van der Waals surface area contributed by atoms with Crippen molar-refractivity contribution < 1.29 is 38.0 Å². The Bertz CT molecular complexity index is 155. The van der Waals surface area contributed by atoms with Crippen LogP contribution in [0.4, 0.5) is 0 Å². The first-order valence-corrected chi connectivity index (χ1v) is 3.92. The molecule has 6 heteroatoms. The average Bonchev–Trinajstić information content (AvgIpc) is 1.67. The number of hydrogen-bond acceptors (Lipinski definition) is 2. The molecule has 0 aromatic carbocycles. The fourth-order valence-corrected chi connectivity index (χ4v) is 0.717. The monoisotopic (exact) mass is 179 g/mol. The second-order valence-electron chi connectivity index (χ2n) is 1.63. The molecular formula is C3H7ClNNaO2S. The first-order valence-electron chi connectivity index (χ1n) is 2.08. The van der Waals surface area contributed by atoms with Gasteiger partial charge in [0.1, 0.15) is 0 Å². The van der Waals surface area contributed by atoms with Gasteiger partial charge < -0.3 is 4.24 Å². The van der Waals surface area contributed by atoms with E-state index in [0.717, 1.165) is 0 Å². The third kappa shape index (κ3) is 4.58. The van der Waals surface area contributed by atoms with Gasteiger partial charge in [0.2, 0.25) is 0 Å². The summed E-state index contributed by atoms with van der Waals surface area (Å²) in [4.78, 5) is 0. The van der Waals surface area contributed by atoms with Crippen LogP contribution in [0, 0.1) is 0 Å². The van der Waals surface area contributed by atoms with E-state index in [9.17, 15) is 8.42 Å². The first kappa shape index (κ1) is 12.8. The first-order chi connectivity index (χ1) is 3.50. The van der Waals surface area contributed by atoms with E-state index in [2.05, 4.69) is 4.24 Å². The minimum Gasteiger partial charge on any atom is -0.462 e. The van der Waals surface area contributed by atoms with Crippen molar-refractivity contribution >= 4 is 21.8 Å². The third-order valence-electron chi connectivity index (χ3n) is 0.692. The van der Waals surface area contributed by atoms with Crippen molar-refractivity contribution in [2.45, 2.75) is 19.1 Å². The van der Waals surface area contributed by atoms with Crippen LogP contribution >= 0.6 is 11.8 Å². The largest absolute Gasteiger partial charge is 1.00 e. The zero-order valence-corrected chi connectivity index (χ0v) is 9.20. The van der Waals surface area contributed by atoms with Crippen molar-refractivity contribution in [3.63, 3.8) is 0 Å². The maximum Gasteiger partial charge on any atom is 1.00 e. The standard InChI is InChI=1S/C3H7ClNO2S.Na/c1-3(2)8(6,7)5-4;/h3H,1-2H3;/q-1;+1. The maximum atomic E-state index is 10.4. The molecule has 0 aliphatic rings. The molecule has 0 spiro atoms. The molecule has 0 N–H and O–H groups in total. The van der Waals surface area contributed by atoms with Crippen molar-refractivity contribution in [1.82, 2.24) is 0 Å². The van der Waals surface area contributed by atoms with Crippen molar-refractivity contribution in [2.75, 3.05) is 0 Å². The van der Waals surface area contributed by atoms with Crippen LogP contribution in [0.25, 0.3) is 4.24 Å². The van der Waals surface area contributed by atoms with Gasteiger partial charge in [-0.2, -0.15) is 0 Å². The summed E-state index contributed by atoms with van der Waals surface area (Å²) in [5, 5.41) is -0.514. The van der Waals surface area contributed by atoms with Crippen LogP contribution in [0.3, 0.4) is 0 Å². The van der Waals surface area contributed by atoms with Crippen LogP contribution in [-0.2, 0) is 10.0 Å².